The topological polar surface area (TPSA) is 78.1 Å². The molecular weight excluding hydrogens is 276 g/mol. The predicted molar refractivity (Wildman–Crippen MR) is 77.8 cm³/mol. The van der Waals surface area contributed by atoms with E-state index in [2.05, 4.69) is 15.5 Å². The van der Waals surface area contributed by atoms with Gasteiger partial charge in [-0.05, 0) is 25.7 Å². The van der Waals surface area contributed by atoms with Crippen LogP contribution < -0.4 is 5.32 Å². The van der Waals surface area contributed by atoms with Crippen LogP contribution in [0.15, 0.2) is 5.03 Å². The van der Waals surface area contributed by atoms with Gasteiger partial charge >= 0.3 is 0 Å². The van der Waals surface area contributed by atoms with Crippen LogP contribution in [0.25, 0.3) is 0 Å². The molecule has 6 nitrogen and oxygen atoms in total. The van der Waals surface area contributed by atoms with Gasteiger partial charge in [0.2, 0.25) is 0 Å². The summed E-state index contributed by atoms with van der Waals surface area (Å²) >= 11 is 0. The summed E-state index contributed by atoms with van der Waals surface area (Å²) < 4.78 is 26.5. The number of aromatic nitrogens is 2. The zero-order valence-corrected chi connectivity index (χ0v) is 13.4. The molecule has 2 rings (SSSR count). The minimum atomic E-state index is -3.52. The molecule has 114 valence electrons. The highest BCUT2D eigenvalue weighted by atomic mass is 32.2. The number of aryl methyl sites for hydroxylation is 1. The van der Waals surface area contributed by atoms with Crippen molar-refractivity contribution in [1.29, 1.82) is 0 Å². The fraction of sp³-hybridized carbons (Fsp3) is 0.769. The monoisotopic (exact) mass is 300 g/mol. The van der Waals surface area contributed by atoms with Crippen LogP contribution in [0.4, 0.5) is 0 Å². The Morgan fingerprint density at radius 3 is 2.65 bits per heavy atom. The summed E-state index contributed by atoms with van der Waals surface area (Å²) in [7, 11) is -1.91. The van der Waals surface area contributed by atoms with E-state index in [-0.39, 0.29) is 10.9 Å². The van der Waals surface area contributed by atoms with E-state index >= 15 is 0 Å². The fourth-order valence-electron chi connectivity index (χ4n) is 2.15. The molecule has 0 unspecified atom stereocenters. The van der Waals surface area contributed by atoms with Gasteiger partial charge < -0.3 is 5.32 Å². The highest BCUT2D eigenvalue weighted by molar-refractivity contribution is 7.89. The number of sulfonamides is 1. The second-order valence-corrected chi connectivity index (χ2v) is 7.93. The average Bonchev–Trinajstić information content (AvgIpc) is 3.09. The van der Waals surface area contributed by atoms with Gasteiger partial charge in [-0.25, -0.2) is 8.42 Å². The minimum Gasteiger partial charge on any atom is -0.310 e. The van der Waals surface area contributed by atoms with Crippen molar-refractivity contribution >= 4 is 10.0 Å². The van der Waals surface area contributed by atoms with Gasteiger partial charge in [-0.15, -0.1) is 0 Å². The van der Waals surface area contributed by atoms with Gasteiger partial charge in [0.05, 0.1) is 0 Å². The van der Waals surface area contributed by atoms with Crippen LogP contribution in [0.5, 0.6) is 0 Å². The van der Waals surface area contributed by atoms with E-state index in [1.165, 1.54) is 17.1 Å². The molecule has 0 saturated heterocycles. The molecule has 0 bridgehead atoms. The number of aromatic amines is 1. The highest BCUT2D eigenvalue weighted by Gasteiger charge is 2.29. The maximum Gasteiger partial charge on any atom is 0.262 e. The van der Waals surface area contributed by atoms with Gasteiger partial charge in [0, 0.05) is 37.4 Å². The van der Waals surface area contributed by atoms with E-state index in [1.54, 1.807) is 7.05 Å². The Labute approximate surface area is 121 Å². The van der Waals surface area contributed by atoms with Crippen LogP contribution in [0, 0.1) is 12.8 Å². The Hall–Kier alpha value is -0.920. The Kier molecular flexibility index (Phi) is 4.51. The van der Waals surface area contributed by atoms with Crippen molar-refractivity contribution in [3.05, 3.63) is 11.3 Å². The molecule has 0 atom stereocenters. The number of rotatable bonds is 7. The molecule has 0 amide bonds. The third-order valence-corrected chi connectivity index (χ3v) is 5.25. The number of nitrogens with one attached hydrogen (secondary N) is 2. The van der Waals surface area contributed by atoms with Crippen LogP contribution in [0.3, 0.4) is 0 Å². The molecule has 20 heavy (non-hydrogen) atoms. The number of hydrogen-bond acceptors (Lipinski definition) is 4. The SMILES string of the molecule is Cc1[nH]nc(S(=O)(=O)N(C)CC(C)C)c1CNC1CC1. The zero-order chi connectivity index (χ0) is 14.9. The lowest BCUT2D eigenvalue weighted by Gasteiger charge is -2.18. The zero-order valence-electron chi connectivity index (χ0n) is 12.6. The van der Waals surface area contributed by atoms with Crippen molar-refractivity contribution in [3.63, 3.8) is 0 Å². The lowest BCUT2D eigenvalue weighted by atomic mass is 10.2. The Balaban J connectivity index is 2.21. The maximum absolute atomic E-state index is 12.6. The van der Waals surface area contributed by atoms with Gasteiger partial charge in [0.25, 0.3) is 10.0 Å². The number of hydrogen-bond donors (Lipinski definition) is 2. The first-order valence-electron chi connectivity index (χ1n) is 7.06. The summed E-state index contributed by atoms with van der Waals surface area (Å²) in [4.78, 5) is 0. The van der Waals surface area contributed by atoms with Gasteiger partial charge in [-0.1, -0.05) is 13.8 Å². The molecule has 7 heteroatoms. The molecule has 1 aliphatic carbocycles. The second kappa shape index (κ2) is 5.83. The highest BCUT2D eigenvalue weighted by Crippen LogP contribution is 2.23. The van der Waals surface area contributed by atoms with Gasteiger partial charge in [0.15, 0.2) is 5.03 Å². The molecule has 0 spiro atoms. The van der Waals surface area contributed by atoms with Crippen LogP contribution in [0.2, 0.25) is 0 Å². The summed E-state index contributed by atoms with van der Waals surface area (Å²) in [5, 5.41) is 10.3. The molecule has 1 saturated carbocycles. The maximum atomic E-state index is 12.6. The molecular formula is C13H24N4O2S. The van der Waals surface area contributed by atoms with Gasteiger partial charge in [0.1, 0.15) is 0 Å². The van der Waals surface area contributed by atoms with Gasteiger partial charge in [-0.2, -0.15) is 9.40 Å². The van der Waals surface area contributed by atoms with Crippen molar-refractivity contribution in [2.45, 2.75) is 51.2 Å². The summed E-state index contributed by atoms with van der Waals surface area (Å²) in [5.74, 6) is 0.280. The van der Waals surface area contributed by atoms with E-state index in [0.717, 1.165) is 11.3 Å². The number of H-pyrrole nitrogens is 1. The molecule has 0 aromatic carbocycles. The van der Waals surface area contributed by atoms with Crippen molar-refractivity contribution in [3.8, 4) is 0 Å². The van der Waals surface area contributed by atoms with E-state index in [1.807, 2.05) is 20.8 Å². The average molecular weight is 300 g/mol. The fourth-order valence-corrected chi connectivity index (χ4v) is 3.63. The van der Waals surface area contributed by atoms with Crippen molar-refractivity contribution in [2.75, 3.05) is 13.6 Å². The van der Waals surface area contributed by atoms with Crippen LogP contribution in [-0.2, 0) is 16.6 Å². The van der Waals surface area contributed by atoms with Crippen molar-refractivity contribution in [1.82, 2.24) is 19.8 Å². The molecule has 1 aromatic heterocycles. The van der Waals surface area contributed by atoms with Crippen molar-refractivity contribution < 1.29 is 8.42 Å². The molecule has 1 aliphatic rings. The van der Waals surface area contributed by atoms with E-state index < -0.39 is 10.0 Å². The molecule has 0 aliphatic heterocycles. The Morgan fingerprint density at radius 1 is 1.45 bits per heavy atom. The molecule has 1 aromatic rings. The first-order chi connectivity index (χ1) is 9.32. The predicted octanol–water partition coefficient (Wildman–Crippen LogP) is 1.25. The van der Waals surface area contributed by atoms with E-state index in [9.17, 15) is 8.42 Å². The van der Waals surface area contributed by atoms with Crippen molar-refractivity contribution in [2.24, 2.45) is 5.92 Å². The lowest BCUT2D eigenvalue weighted by Crippen LogP contribution is -2.31. The summed E-state index contributed by atoms with van der Waals surface area (Å²) in [6, 6.07) is 0.535. The largest absolute Gasteiger partial charge is 0.310 e. The Morgan fingerprint density at radius 2 is 2.10 bits per heavy atom. The third-order valence-electron chi connectivity index (χ3n) is 3.46. The quantitative estimate of drug-likeness (QED) is 0.794. The standard InChI is InChI=1S/C13H24N4O2S/c1-9(2)8-17(4)20(18,19)13-12(10(3)15-16-13)7-14-11-5-6-11/h9,11,14H,5-8H2,1-4H3,(H,15,16). The molecule has 1 fully saturated rings. The number of nitrogens with zero attached hydrogens (tertiary/aromatic N) is 2. The second-order valence-electron chi connectivity index (χ2n) is 5.97. The third kappa shape index (κ3) is 3.39. The molecule has 2 N–H and O–H groups in total. The normalized spacial score (nSPS) is 16.3. The smallest absolute Gasteiger partial charge is 0.262 e. The first-order valence-corrected chi connectivity index (χ1v) is 8.50. The van der Waals surface area contributed by atoms with Crippen LogP contribution in [0.1, 0.15) is 37.9 Å². The Bertz CT molecular complexity index is 561. The first kappa shape index (κ1) is 15.5. The van der Waals surface area contributed by atoms with E-state index in [0.29, 0.717) is 19.1 Å². The summed E-state index contributed by atoms with van der Waals surface area (Å²) in [6.07, 6.45) is 2.35. The van der Waals surface area contributed by atoms with Crippen LogP contribution >= 0.6 is 0 Å². The minimum absolute atomic E-state index is 0.159. The summed E-state index contributed by atoms with van der Waals surface area (Å²) in [6.45, 7) is 6.90. The van der Waals surface area contributed by atoms with E-state index in [4.69, 9.17) is 0 Å². The summed E-state index contributed by atoms with van der Waals surface area (Å²) in [5.41, 5.74) is 1.57. The molecule has 0 radical (unpaired) electrons. The van der Waals surface area contributed by atoms with Gasteiger partial charge in [-0.3, -0.25) is 5.10 Å². The molecule has 1 heterocycles. The van der Waals surface area contributed by atoms with Crippen LogP contribution in [-0.4, -0.2) is 42.6 Å². The lowest BCUT2D eigenvalue weighted by molar-refractivity contribution is 0.414.